The predicted octanol–water partition coefficient (Wildman–Crippen LogP) is 3.18. The minimum Gasteiger partial charge on any atom is -0.478 e. The molecule has 0 amide bonds. The molecule has 0 saturated carbocycles. The lowest BCUT2D eigenvalue weighted by molar-refractivity contribution is 0.0697. The first-order valence-corrected chi connectivity index (χ1v) is 7.33. The van der Waals surface area contributed by atoms with Gasteiger partial charge in [-0.15, -0.1) is 0 Å². The quantitative estimate of drug-likeness (QED) is 0.896. The molecule has 1 aliphatic heterocycles. The molecule has 2 unspecified atom stereocenters. The second-order valence-electron chi connectivity index (χ2n) is 5.60. The van der Waals surface area contributed by atoms with Crippen LogP contribution in [0.5, 0.6) is 0 Å². The summed E-state index contributed by atoms with van der Waals surface area (Å²) < 4.78 is 0. The lowest BCUT2D eigenvalue weighted by Crippen LogP contribution is -2.39. The Bertz CT molecular complexity index is 493. The van der Waals surface area contributed by atoms with Gasteiger partial charge in [-0.2, -0.15) is 0 Å². The van der Waals surface area contributed by atoms with Gasteiger partial charge in [-0.25, -0.2) is 4.79 Å². The molecule has 1 aromatic carbocycles. The van der Waals surface area contributed by atoms with Crippen LogP contribution in [0.4, 0.5) is 5.69 Å². The summed E-state index contributed by atoms with van der Waals surface area (Å²) in [7, 11) is 2.14. The van der Waals surface area contributed by atoms with E-state index >= 15 is 0 Å². The number of nitrogens with zero attached hydrogens (tertiary/aromatic N) is 1. The normalized spacial score (nSPS) is 21.4. The molecule has 0 aromatic heterocycles. The maximum absolute atomic E-state index is 11.1. The summed E-state index contributed by atoms with van der Waals surface area (Å²) in [6.07, 6.45) is 2.42. The lowest BCUT2D eigenvalue weighted by atomic mass is 9.91. The maximum Gasteiger partial charge on any atom is 0.337 e. The van der Waals surface area contributed by atoms with E-state index in [0.717, 1.165) is 18.8 Å². The van der Waals surface area contributed by atoms with Gasteiger partial charge in [0.15, 0.2) is 0 Å². The number of piperidine rings is 1. The fraction of sp³-hybridized carbons (Fsp3) is 0.533. The van der Waals surface area contributed by atoms with Crippen molar-refractivity contribution in [2.75, 3.05) is 25.5 Å². The largest absolute Gasteiger partial charge is 0.478 e. The van der Waals surface area contributed by atoms with Gasteiger partial charge in [0.25, 0.3) is 0 Å². The van der Waals surface area contributed by atoms with Gasteiger partial charge in [-0.3, -0.25) is 0 Å². The van der Waals surface area contributed by atoms with Crippen molar-refractivity contribution in [3.05, 3.63) is 28.8 Å². The number of carboxylic acid groups (broad SMARTS) is 1. The summed E-state index contributed by atoms with van der Waals surface area (Å²) in [6, 6.07) is 5.37. The minimum absolute atomic E-state index is 0.143. The van der Waals surface area contributed by atoms with Crippen molar-refractivity contribution in [1.82, 2.24) is 4.90 Å². The van der Waals surface area contributed by atoms with Crippen molar-refractivity contribution in [1.29, 1.82) is 0 Å². The Morgan fingerprint density at radius 2 is 2.30 bits per heavy atom. The zero-order valence-corrected chi connectivity index (χ0v) is 12.7. The number of benzene rings is 1. The molecule has 1 heterocycles. The third-order valence-corrected chi connectivity index (χ3v) is 4.29. The molecule has 20 heavy (non-hydrogen) atoms. The molecule has 110 valence electrons. The summed E-state index contributed by atoms with van der Waals surface area (Å²) >= 11 is 5.88. The van der Waals surface area contributed by atoms with Crippen LogP contribution in [-0.4, -0.2) is 42.2 Å². The number of carbonyl (C=O) groups is 1. The molecular weight excluding hydrogens is 276 g/mol. The van der Waals surface area contributed by atoms with Gasteiger partial charge in [0, 0.05) is 18.3 Å². The van der Waals surface area contributed by atoms with Crippen molar-refractivity contribution in [2.24, 2.45) is 5.92 Å². The molecule has 0 radical (unpaired) electrons. The third-order valence-electron chi connectivity index (χ3n) is 3.96. The molecule has 1 aliphatic rings. The first-order valence-electron chi connectivity index (χ1n) is 6.95. The first kappa shape index (κ1) is 15.1. The monoisotopic (exact) mass is 296 g/mol. The number of carboxylic acids is 1. The summed E-state index contributed by atoms with van der Waals surface area (Å²) in [5, 5.41) is 12.8. The molecule has 0 aliphatic carbocycles. The van der Waals surface area contributed by atoms with E-state index < -0.39 is 5.97 Å². The third kappa shape index (κ3) is 3.64. The number of nitrogens with one attached hydrogen (secondary N) is 1. The molecule has 1 fully saturated rings. The standard InChI is InChI=1S/C15H21ClN2O2/c1-10(11-4-3-7-18(2)9-11)17-12-5-6-14(16)13(8-12)15(19)20/h5-6,8,10-11,17H,3-4,7,9H2,1-2H3,(H,19,20). The van der Waals surface area contributed by atoms with Crippen molar-refractivity contribution in [2.45, 2.75) is 25.8 Å². The number of hydrogen-bond acceptors (Lipinski definition) is 3. The summed E-state index contributed by atoms with van der Waals surface area (Å²) in [6.45, 7) is 4.39. The Morgan fingerprint density at radius 1 is 1.55 bits per heavy atom. The Kier molecular flexibility index (Phi) is 4.89. The molecule has 2 atom stereocenters. The molecule has 0 bridgehead atoms. The summed E-state index contributed by atoms with van der Waals surface area (Å²) in [5.74, 6) is -0.415. The highest BCUT2D eigenvalue weighted by Gasteiger charge is 2.23. The topological polar surface area (TPSA) is 52.6 Å². The molecular formula is C15H21ClN2O2. The van der Waals surface area contributed by atoms with Crippen LogP contribution in [0.25, 0.3) is 0 Å². The highest BCUT2D eigenvalue weighted by Crippen LogP contribution is 2.24. The lowest BCUT2D eigenvalue weighted by Gasteiger charge is -2.34. The molecule has 2 N–H and O–H groups in total. The van der Waals surface area contributed by atoms with Crippen LogP contribution in [0.3, 0.4) is 0 Å². The van der Waals surface area contributed by atoms with E-state index in [0.29, 0.717) is 12.0 Å². The van der Waals surface area contributed by atoms with Gasteiger partial charge in [0.1, 0.15) is 0 Å². The van der Waals surface area contributed by atoms with Crippen LogP contribution in [-0.2, 0) is 0 Å². The van der Waals surface area contributed by atoms with E-state index in [9.17, 15) is 4.79 Å². The van der Waals surface area contributed by atoms with Crippen LogP contribution < -0.4 is 5.32 Å². The van der Waals surface area contributed by atoms with Crippen LogP contribution in [0.1, 0.15) is 30.1 Å². The average Bonchev–Trinajstić information content (AvgIpc) is 2.40. The number of rotatable bonds is 4. The Balaban J connectivity index is 2.05. The Morgan fingerprint density at radius 3 is 2.95 bits per heavy atom. The number of halogens is 1. The van der Waals surface area contributed by atoms with Crippen LogP contribution in [0.2, 0.25) is 5.02 Å². The highest BCUT2D eigenvalue weighted by molar-refractivity contribution is 6.33. The molecule has 5 heteroatoms. The van der Waals surface area contributed by atoms with Gasteiger partial charge in [-0.05, 0) is 57.5 Å². The maximum atomic E-state index is 11.1. The van der Waals surface area contributed by atoms with Crippen LogP contribution >= 0.6 is 11.6 Å². The van der Waals surface area contributed by atoms with Crippen LogP contribution in [0, 0.1) is 5.92 Å². The Hall–Kier alpha value is -1.26. The van der Waals surface area contributed by atoms with Crippen molar-refractivity contribution in [3.63, 3.8) is 0 Å². The molecule has 2 rings (SSSR count). The summed E-state index contributed by atoms with van der Waals surface area (Å²) in [5.41, 5.74) is 0.956. The van der Waals surface area contributed by atoms with Gasteiger partial charge >= 0.3 is 5.97 Å². The molecule has 0 spiro atoms. The smallest absolute Gasteiger partial charge is 0.337 e. The minimum atomic E-state index is -0.997. The van der Waals surface area contributed by atoms with E-state index in [4.69, 9.17) is 16.7 Å². The van der Waals surface area contributed by atoms with Crippen molar-refractivity contribution >= 4 is 23.3 Å². The second kappa shape index (κ2) is 6.46. The zero-order chi connectivity index (χ0) is 14.7. The number of hydrogen-bond donors (Lipinski definition) is 2. The van der Waals surface area contributed by atoms with Crippen molar-refractivity contribution in [3.8, 4) is 0 Å². The Labute approximate surface area is 124 Å². The summed E-state index contributed by atoms with van der Waals surface area (Å²) in [4.78, 5) is 13.4. The van der Waals surface area contributed by atoms with E-state index in [1.807, 2.05) is 6.07 Å². The van der Waals surface area contributed by atoms with Crippen molar-refractivity contribution < 1.29 is 9.90 Å². The number of likely N-dealkylation sites (tertiary alicyclic amines) is 1. The number of anilines is 1. The van der Waals surface area contributed by atoms with E-state index in [2.05, 4.69) is 24.2 Å². The van der Waals surface area contributed by atoms with Gasteiger partial charge in [-0.1, -0.05) is 11.6 Å². The van der Waals surface area contributed by atoms with E-state index in [1.54, 1.807) is 12.1 Å². The average molecular weight is 297 g/mol. The van der Waals surface area contributed by atoms with E-state index in [-0.39, 0.29) is 10.6 Å². The molecule has 1 aromatic rings. The van der Waals surface area contributed by atoms with Crippen LogP contribution in [0.15, 0.2) is 18.2 Å². The SMILES string of the molecule is CC(Nc1ccc(Cl)c(C(=O)O)c1)C1CCCN(C)C1. The molecule has 1 saturated heterocycles. The van der Waals surface area contributed by atoms with Gasteiger partial charge < -0.3 is 15.3 Å². The predicted molar refractivity (Wildman–Crippen MR) is 81.7 cm³/mol. The molecule has 4 nitrogen and oxygen atoms in total. The first-order chi connectivity index (χ1) is 9.47. The second-order valence-corrected chi connectivity index (χ2v) is 6.00. The fourth-order valence-corrected chi connectivity index (χ4v) is 2.97. The number of aromatic carboxylic acids is 1. The fourth-order valence-electron chi connectivity index (χ4n) is 2.77. The van der Waals surface area contributed by atoms with Gasteiger partial charge in [0.05, 0.1) is 10.6 Å². The highest BCUT2D eigenvalue weighted by atomic mass is 35.5. The van der Waals surface area contributed by atoms with Gasteiger partial charge in [0.2, 0.25) is 0 Å². The zero-order valence-electron chi connectivity index (χ0n) is 11.9. The van der Waals surface area contributed by atoms with E-state index in [1.165, 1.54) is 12.8 Å².